The van der Waals surface area contributed by atoms with Crippen LogP contribution < -0.4 is 10.2 Å². The van der Waals surface area contributed by atoms with Gasteiger partial charge >= 0.3 is 5.97 Å². The van der Waals surface area contributed by atoms with Gasteiger partial charge in [-0.3, -0.25) is 4.79 Å². The average Bonchev–Trinajstić information content (AvgIpc) is 2.47. The average molecular weight is 292 g/mol. The van der Waals surface area contributed by atoms with Crippen molar-refractivity contribution in [3.63, 3.8) is 0 Å². The Labute approximate surface area is 123 Å². The van der Waals surface area contributed by atoms with Gasteiger partial charge in [-0.1, -0.05) is 6.07 Å². The standard InChI is InChI=1S/C15H20N2O4/c1-21-9-7-16-14(18)10-17-8-3-5-11-12(15(19)20)4-2-6-13(11)17/h2,4,6H,3,5,7-10H2,1H3,(H,16,18)(H,19,20). The highest BCUT2D eigenvalue weighted by molar-refractivity contribution is 5.92. The Morgan fingerprint density at radius 2 is 2.24 bits per heavy atom. The minimum absolute atomic E-state index is 0.0828. The van der Waals surface area contributed by atoms with E-state index in [2.05, 4.69) is 5.32 Å². The minimum atomic E-state index is -0.918. The number of nitrogens with zero attached hydrogens (tertiary/aromatic N) is 1. The normalized spacial score (nSPS) is 13.7. The number of ether oxygens (including phenoxy) is 1. The predicted molar refractivity (Wildman–Crippen MR) is 78.8 cm³/mol. The Balaban J connectivity index is 2.10. The summed E-state index contributed by atoms with van der Waals surface area (Å²) in [5, 5.41) is 12.0. The third-order valence-corrected chi connectivity index (χ3v) is 3.54. The number of fused-ring (bicyclic) bond motifs is 1. The Morgan fingerprint density at radius 1 is 1.43 bits per heavy atom. The molecular formula is C15H20N2O4. The molecule has 0 bridgehead atoms. The van der Waals surface area contributed by atoms with E-state index >= 15 is 0 Å². The molecule has 1 amide bonds. The highest BCUT2D eigenvalue weighted by Gasteiger charge is 2.23. The monoisotopic (exact) mass is 292 g/mol. The number of anilines is 1. The molecule has 21 heavy (non-hydrogen) atoms. The molecule has 1 heterocycles. The van der Waals surface area contributed by atoms with Crippen LogP contribution in [-0.2, 0) is 16.0 Å². The Kier molecular flexibility index (Phi) is 5.16. The molecule has 0 saturated carbocycles. The molecule has 0 spiro atoms. The van der Waals surface area contributed by atoms with Crippen LogP contribution in [0.4, 0.5) is 5.69 Å². The fraction of sp³-hybridized carbons (Fsp3) is 0.467. The number of nitrogens with one attached hydrogen (secondary N) is 1. The fourth-order valence-electron chi connectivity index (χ4n) is 2.59. The molecule has 2 rings (SSSR count). The van der Waals surface area contributed by atoms with Crippen LogP contribution in [-0.4, -0.2) is 50.3 Å². The van der Waals surface area contributed by atoms with Crippen LogP contribution in [0.2, 0.25) is 0 Å². The molecule has 1 aromatic carbocycles. The summed E-state index contributed by atoms with van der Waals surface area (Å²) < 4.78 is 4.89. The second-order valence-electron chi connectivity index (χ2n) is 4.98. The topological polar surface area (TPSA) is 78.9 Å². The maximum Gasteiger partial charge on any atom is 0.336 e. The minimum Gasteiger partial charge on any atom is -0.478 e. The highest BCUT2D eigenvalue weighted by Crippen LogP contribution is 2.29. The van der Waals surface area contributed by atoms with Crippen molar-refractivity contribution in [3.05, 3.63) is 29.3 Å². The Bertz CT molecular complexity index is 530. The van der Waals surface area contributed by atoms with Gasteiger partial charge in [0.25, 0.3) is 0 Å². The van der Waals surface area contributed by atoms with Crippen molar-refractivity contribution >= 4 is 17.6 Å². The lowest BCUT2D eigenvalue weighted by Gasteiger charge is -2.31. The SMILES string of the molecule is COCCNC(=O)CN1CCCc2c(C(=O)O)cccc21. The van der Waals surface area contributed by atoms with Crippen molar-refractivity contribution in [2.24, 2.45) is 0 Å². The lowest BCUT2D eigenvalue weighted by molar-refractivity contribution is -0.120. The number of hydrogen-bond donors (Lipinski definition) is 2. The van der Waals surface area contributed by atoms with Gasteiger partial charge in [-0.15, -0.1) is 0 Å². The first-order valence-electron chi connectivity index (χ1n) is 6.99. The Morgan fingerprint density at radius 3 is 2.95 bits per heavy atom. The largest absolute Gasteiger partial charge is 0.478 e. The maximum absolute atomic E-state index is 11.9. The van der Waals surface area contributed by atoms with E-state index < -0.39 is 5.97 Å². The van der Waals surface area contributed by atoms with Crippen molar-refractivity contribution in [1.29, 1.82) is 0 Å². The highest BCUT2D eigenvalue weighted by atomic mass is 16.5. The zero-order chi connectivity index (χ0) is 15.2. The molecule has 0 aliphatic carbocycles. The van der Waals surface area contributed by atoms with E-state index in [-0.39, 0.29) is 12.5 Å². The summed E-state index contributed by atoms with van der Waals surface area (Å²) in [5.74, 6) is -1.00. The number of amides is 1. The van der Waals surface area contributed by atoms with Gasteiger partial charge < -0.3 is 20.1 Å². The molecule has 1 aliphatic rings. The first kappa shape index (κ1) is 15.3. The lowest BCUT2D eigenvalue weighted by atomic mass is 9.96. The Hall–Kier alpha value is -2.08. The summed E-state index contributed by atoms with van der Waals surface area (Å²) in [6.45, 7) is 1.95. The van der Waals surface area contributed by atoms with Crippen molar-refractivity contribution in [2.45, 2.75) is 12.8 Å². The number of methoxy groups -OCH3 is 1. The van der Waals surface area contributed by atoms with Crippen LogP contribution in [0, 0.1) is 0 Å². The first-order chi connectivity index (χ1) is 10.1. The summed E-state index contributed by atoms with van der Waals surface area (Å²) >= 11 is 0. The lowest BCUT2D eigenvalue weighted by Crippen LogP contribution is -2.41. The molecule has 1 aromatic rings. The summed E-state index contributed by atoms with van der Waals surface area (Å²) in [6.07, 6.45) is 1.59. The quantitative estimate of drug-likeness (QED) is 0.762. The van der Waals surface area contributed by atoms with Gasteiger partial charge in [-0.2, -0.15) is 0 Å². The summed E-state index contributed by atoms with van der Waals surface area (Å²) in [5.41, 5.74) is 2.00. The second kappa shape index (κ2) is 7.08. The van der Waals surface area contributed by atoms with Gasteiger partial charge in [0.05, 0.1) is 18.7 Å². The van der Waals surface area contributed by atoms with E-state index in [0.717, 1.165) is 30.6 Å². The first-order valence-corrected chi connectivity index (χ1v) is 6.99. The second-order valence-corrected chi connectivity index (χ2v) is 4.98. The van der Waals surface area contributed by atoms with Gasteiger partial charge in [0.2, 0.25) is 5.91 Å². The molecule has 0 unspecified atom stereocenters. The van der Waals surface area contributed by atoms with Crippen LogP contribution in [0.3, 0.4) is 0 Å². The van der Waals surface area contributed by atoms with E-state index in [1.807, 2.05) is 11.0 Å². The number of carboxylic acid groups (broad SMARTS) is 1. The number of aromatic carboxylic acids is 1. The number of carbonyl (C=O) groups is 2. The van der Waals surface area contributed by atoms with Gasteiger partial charge in [0.15, 0.2) is 0 Å². The molecule has 0 saturated heterocycles. The van der Waals surface area contributed by atoms with Crippen molar-refractivity contribution < 1.29 is 19.4 Å². The molecule has 0 radical (unpaired) electrons. The summed E-state index contributed by atoms with van der Waals surface area (Å²) in [7, 11) is 1.58. The van der Waals surface area contributed by atoms with Gasteiger partial charge in [-0.25, -0.2) is 4.79 Å². The maximum atomic E-state index is 11.9. The molecule has 0 fully saturated rings. The molecule has 0 aromatic heterocycles. The van der Waals surface area contributed by atoms with Crippen LogP contribution in [0.25, 0.3) is 0 Å². The number of carboxylic acids is 1. The van der Waals surface area contributed by atoms with Crippen LogP contribution >= 0.6 is 0 Å². The number of rotatable bonds is 6. The van der Waals surface area contributed by atoms with Crippen molar-refractivity contribution in [3.8, 4) is 0 Å². The van der Waals surface area contributed by atoms with E-state index in [0.29, 0.717) is 18.7 Å². The third kappa shape index (κ3) is 3.72. The zero-order valence-electron chi connectivity index (χ0n) is 12.1. The molecule has 1 aliphatic heterocycles. The molecule has 2 N–H and O–H groups in total. The summed E-state index contributed by atoms with van der Waals surface area (Å²) in [6, 6.07) is 5.22. The summed E-state index contributed by atoms with van der Waals surface area (Å²) in [4.78, 5) is 25.1. The number of carbonyl (C=O) groups excluding carboxylic acids is 1. The van der Waals surface area contributed by atoms with Crippen molar-refractivity contribution in [1.82, 2.24) is 5.32 Å². The zero-order valence-corrected chi connectivity index (χ0v) is 12.1. The van der Waals surface area contributed by atoms with E-state index in [1.165, 1.54) is 0 Å². The molecule has 6 nitrogen and oxygen atoms in total. The van der Waals surface area contributed by atoms with Crippen LogP contribution in [0.1, 0.15) is 22.3 Å². The van der Waals surface area contributed by atoms with Crippen LogP contribution in [0.15, 0.2) is 18.2 Å². The fourth-order valence-corrected chi connectivity index (χ4v) is 2.59. The van der Waals surface area contributed by atoms with Gasteiger partial charge in [-0.05, 0) is 30.5 Å². The molecule has 114 valence electrons. The predicted octanol–water partition coefficient (Wildman–Crippen LogP) is 0.900. The molecule has 0 atom stereocenters. The molecule has 6 heteroatoms. The third-order valence-electron chi connectivity index (χ3n) is 3.54. The molecular weight excluding hydrogens is 272 g/mol. The van der Waals surface area contributed by atoms with E-state index in [9.17, 15) is 14.7 Å². The van der Waals surface area contributed by atoms with Crippen molar-refractivity contribution in [2.75, 3.05) is 38.3 Å². The smallest absolute Gasteiger partial charge is 0.336 e. The number of hydrogen-bond acceptors (Lipinski definition) is 4. The van der Waals surface area contributed by atoms with Gasteiger partial charge in [0, 0.05) is 25.9 Å². The van der Waals surface area contributed by atoms with Gasteiger partial charge in [0.1, 0.15) is 0 Å². The number of benzene rings is 1. The van der Waals surface area contributed by atoms with Crippen LogP contribution in [0.5, 0.6) is 0 Å². The van der Waals surface area contributed by atoms with E-state index in [1.54, 1.807) is 19.2 Å². The van der Waals surface area contributed by atoms with E-state index in [4.69, 9.17) is 4.74 Å².